The number of benzene rings is 1. The molecule has 4 aromatic heterocycles. The average Bonchev–Trinajstić information content (AvgIpc) is 3.38. The number of hydrogen-bond donors (Lipinski definition) is 1. The second kappa shape index (κ2) is 9.37. The summed E-state index contributed by atoms with van der Waals surface area (Å²) in [5.41, 5.74) is 7.75. The van der Waals surface area contributed by atoms with Crippen molar-refractivity contribution >= 4 is 11.0 Å². The number of nitrogens with one attached hydrogen (secondary N) is 1. The molecule has 1 aliphatic rings. The van der Waals surface area contributed by atoms with Gasteiger partial charge in [0.15, 0.2) is 5.82 Å². The quantitative estimate of drug-likeness (QED) is 0.401. The van der Waals surface area contributed by atoms with Crippen LogP contribution in [-0.4, -0.2) is 56.1 Å². The van der Waals surface area contributed by atoms with E-state index in [4.69, 9.17) is 14.7 Å². The smallest absolute Gasteiger partial charge is 0.180 e. The molecule has 0 aliphatic carbocycles. The maximum Gasteiger partial charge on any atom is 0.180 e. The van der Waals surface area contributed by atoms with Gasteiger partial charge in [-0.25, -0.2) is 15.0 Å². The Kier molecular flexibility index (Phi) is 5.78. The summed E-state index contributed by atoms with van der Waals surface area (Å²) in [4.78, 5) is 24.5. The Morgan fingerprint density at radius 2 is 1.74 bits per heavy atom. The minimum absolute atomic E-state index is 0.594. The number of fused-ring (bicyclic) bond motifs is 1. The van der Waals surface area contributed by atoms with Gasteiger partial charge in [-0.15, -0.1) is 0 Å². The van der Waals surface area contributed by atoms with Crippen molar-refractivity contribution in [2.45, 2.75) is 13.5 Å². The first-order valence-electron chi connectivity index (χ1n) is 11.9. The Hall–Kier alpha value is -3.94. The Morgan fingerprint density at radius 3 is 2.63 bits per heavy atom. The van der Waals surface area contributed by atoms with Gasteiger partial charge in [0.25, 0.3) is 0 Å². The topological polar surface area (TPSA) is 79.8 Å². The molecule has 1 aromatic carbocycles. The van der Waals surface area contributed by atoms with Crippen LogP contribution in [0.3, 0.4) is 0 Å². The van der Waals surface area contributed by atoms with E-state index < -0.39 is 0 Å². The van der Waals surface area contributed by atoms with Gasteiger partial charge in [0, 0.05) is 60.4 Å². The number of aromatic nitrogens is 5. The maximum atomic E-state index is 5.49. The average molecular weight is 463 g/mol. The number of aromatic amines is 1. The van der Waals surface area contributed by atoms with Crippen LogP contribution in [-0.2, 0) is 11.3 Å². The van der Waals surface area contributed by atoms with Crippen molar-refractivity contribution in [3.05, 3.63) is 84.4 Å². The van der Waals surface area contributed by atoms with Gasteiger partial charge in [-0.05, 0) is 48.4 Å². The van der Waals surface area contributed by atoms with Crippen LogP contribution < -0.4 is 0 Å². The van der Waals surface area contributed by atoms with Crippen LogP contribution in [0.1, 0.15) is 11.3 Å². The van der Waals surface area contributed by atoms with Crippen molar-refractivity contribution in [3.63, 3.8) is 0 Å². The number of aryl methyl sites for hydroxylation is 1. The van der Waals surface area contributed by atoms with Gasteiger partial charge in [-0.3, -0.25) is 9.88 Å². The zero-order valence-electron chi connectivity index (χ0n) is 19.6. The Morgan fingerprint density at radius 1 is 0.886 bits per heavy atom. The van der Waals surface area contributed by atoms with E-state index in [1.165, 1.54) is 5.56 Å². The van der Waals surface area contributed by atoms with E-state index in [-0.39, 0.29) is 0 Å². The van der Waals surface area contributed by atoms with Crippen molar-refractivity contribution in [1.82, 2.24) is 29.8 Å². The van der Waals surface area contributed by atoms with Gasteiger partial charge >= 0.3 is 0 Å². The molecule has 0 spiro atoms. The first-order valence-corrected chi connectivity index (χ1v) is 11.9. The molecule has 1 saturated heterocycles. The lowest BCUT2D eigenvalue weighted by atomic mass is 10.0. The first-order chi connectivity index (χ1) is 17.2. The number of hydrogen-bond acceptors (Lipinski definition) is 6. The van der Waals surface area contributed by atoms with Gasteiger partial charge < -0.3 is 9.72 Å². The van der Waals surface area contributed by atoms with Crippen LogP contribution in [0.2, 0.25) is 0 Å². The molecule has 7 nitrogen and oxygen atoms in total. The SMILES string of the molecule is Cc1cccc(-c2nc(-c3cncc(-c4cccc(CN5CCOCC5)c4)c3)c3cc[nH]c3n2)n1. The summed E-state index contributed by atoms with van der Waals surface area (Å²) >= 11 is 0. The molecule has 1 fully saturated rings. The van der Waals surface area contributed by atoms with Crippen LogP contribution in [0.4, 0.5) is 0 Å². The van der Waals surface area contributed by atoms with Gasteiger partial charge in [0.2, 0.25) is 0 Å². The fourth-order valence-corrected chi connectivity index (χ4v) is 4.54. The van der Waals surface area contributed by atoms with Gasteiger partial charge in [-0.2, -0.15) is 0 Å². The first kappa shape index (κ1) is 21.6. The number of rotatable bonds is 5. The Balaban J connectivity index is 1.38. The predicted molar refractivity (Wildman–Crippen MR) is 137 cm³/mol. The molecular formula is C28H26N6O. The van der Waals surface area contributed by atoms with Crippen LogP contribution in [0.5, 0.6) is 0 Å². The van der Waals surface area contributed by atoms with E-state index in [1.807, 2.05) is 49.8 Å². The molecule has 0 radical (unpaired) electrons. The van der Waals surface area contributed by atoms with E-state index in [0.29, 0.717) is 5.82 Å². The van der Waals surface area contributed by atoms with Crippen LogP contribution in [0.25, 0.3) is 44.9 Å². The number of pyridine rings is 2. The molecule has 0 amide bonds. The zero-order valence-corrected chi connectivity index (χ0v) is 19.6. The van der Waals surface area contributed by atoms with Crippen molar-refractivity contribution in [1.29, 1.82) is 0 Å². The summed E-state index contributed by atoms with van der Waals surface area (Å²) < 4.78 is 5.49. The molecule has 0 atom stereocenters. The van der Waals surface area contributed by atoms with Gasteiger partial charge in [0.1, 0.15) is 11.3 Å². The summed E-state index contributed by atoms with van der Waals surface area (Å²) in [6, 6.07) is 18.7. The van der Waals surface area contributed by atoms with E-state index in [1.54, 1.807) is 0 Å². The molecule has 1 N–H and O–H groups in total. The maximum absolute atomic E-state index is 5.49. The van der Waals surface area contributed by atoms with Crippen LogP contribution in [0.15, 0.2) is 73.2 Å². The fourth-order valence-electron chi connectivity index (χ4n) is 4.54. The standard InChI is InChI=1S/C28H26N6O/c1-19-4-2-7-25(31-19)28-32-26(24-8-9-30-27(24)33-28)23-15-22(16-29-17-23)21-6-3-5-20(14-21)18-34-10-12-35-13-11-34/h2-9,14-17H,10-13,18H2,1H3,(H,30,32,33). The molecule has 5 aromatic rings. The fraction of sp³-hybridized carbons (Fsp3) is 0.214. The normalized spacial score (nSPS) is 14.4. The van der Waals surface area contributed by atoms with Gasteiger partial charge in [0.05, 0.1) is 18.9 Å². The molecule has 1 aliphatic heterocycles. The summed E-state index contributed by atoms with van der Waals surface area (Å²) in [6.07, 6.45) is 5.67. The lowest BCUT2D eigenvalue weighted by Crippen LogP contribution is -2.35. The summed E-state index contributed by atoms with van der Waals surface area (Å²) in [5, 5.41) is 0.960. The number of H-pyrrole nitrogens is 1. The summed E-state index contributed by atoms with van der Waals surface area (Å²) in [6.45, 7) is 6.45. The highest BCUT2D eigenvalue weighted by Gasteiger charge is 2.15. The number of ether oxygens (including phenoxy) is 1. The highest BCUT2D eigenvalue weighted by atomic mass is 16.5. The summed E-state index contributed by atoms with van der Waals surface area (Å²) in [5.74, 6) is 0.594. The van der Waals surface area contributed by atoms with Crippen molar-refractivity contribution in [2.75, 3.05) is 26.3 Å². The van der Waals surface area contributed by atoms with Crippen LogP contribution >= 0.6 is 0 Å². The molecule has 7 heteroatoms. The molecule has 0 saturated carbocycles. The molecule has 35 heavy (non-hydrogen) atoms. The third-order valence-corrected chi connectivity index (χ3v) is 6.32. The largest absolute Gasteiger partial charge is 0.379 e. The van der Waals surface area contributed by atoms with Crippen LogP contribution in [0, 0.1) is 6.92 Å². The Labute approximate surface area is 203 Å². The van der Waals surface area contributed by atoms with E-state index in [9.17, 15) is 0 Å². The van der Waals surface area contributed by atoms with Crippen molar-refractivity contribution < 1.29 is 4.74 Å². The minimum atomic E-state index is 0.594. The van der Waals surface area contributed by atoms with Gasteiger partial charge in [-0.1, -0.05) is 24.3 Å². The van der Waals surface area contributed by atoms with E-state index >= 15 is 0 Å². The predicted octanol–water partition coefficient (Wildman–Crippen LogP) is 4.89. The molecular weight excluding hydrogens is 436 g/mol. The van der Waals surface area contributed by atoms with E-state index in [2.05, 4.69) is 50.2 Å². The summed E-state index contributed by atoms with van der Waals surface area (Å²) in [7, 11) is 0. The molecule has 0 unspecified atom stereocenters. The van der Waals surface area contributed by atoms with Crippen molar-refractivity contribution in [2.24, 2.45) is 0 Å². The highest BCUT2D eigenvalue weighted by molar-refractivity contribution is 5.92. The lowest BCUT2D eigenvalue weighted by Gasteiger charge is -2.26. The highest BCUT2D eigenvalue weighted by Crippen LogP contribution is 2.31. The third kappa shape index (κ3) is 4.56. The zero-order chi connectivity index (χ0) is 23.6. The molecule has 0 bridgehead atoms. The lowest BCUT2D eigenvalue weighted by molar-refractivity contribution is 0.0342. The third-order valence-electron chi connectivity index (χ3n) is 6.32. The molecule has 5 heterocycles. The second-order valence-corrected chi connectivity index (χ2v) is 8.85. The monoisotopic (exact) mass is 462 g/mol. The Bertz CT molecular complexity index is 1490. The number of nitrogens with zero attached hydrogens (tertiary/aromatic N) is 5. The minimum Gasteiger partial charge on any atom is -0.379 e. The van der Waals surface area contributed by atoms with Crippen molar-refractivity contribution in [3.8, 4) is 33.9 Å². The number of morpholine rings is 1. The van der Waals surface area contributed by atoms with E-state index in [0.717, 1.165) is 77.7 Å². The molecule has 6 rings (SSSR count). The molecule has 174 valence electrons. The second-order valence-electron chi connectivity index (χ2n) is 8.85.